The molecular weight excluding hydrogens is 266 g/mol. The second kappa shape index (κ2) is 4.79. The molecule has 1 aliphatic heterocycles. The fourth-order valence-corrected chi connectivity index (χ4v) is 1.79. The van der Waals surface area contributed by atoms with Crippen LogP contribution in [0, 0.1) is 10.1 Å². The van der Waals surface area contributed by atoms with Crippen LogP contribution in [0.5, 0.6) is 5.75 Å². The predicted octanol–water partition coefficient (Wildman–Crippen LogP) is 2.86. The third-order valence-corrected chi connectivity index (χ3v) is 2.57. The smallest absolute Gasteiger partial charge is 0.404 e. The molecule has 0 saturated carbocycles. The first-order valence-electron chi connectivity index (χ1n) is 4.96. The van der Waals surface area contributed by atoms with Crippen molar-refractivity contribution >= 4 is 22.7 Å². The maximum Gasteiger partial charge on any atom is 0.404 e. The minimum absolute atomic E-state index is 0.139. The van der Waals surface area contributed by atoms with Crippen LogP contribution in [0.3, 0.4) is 0 Å². The standard InChI is InChI=1S/C10H8ClNO6/c1-5(17-10(11)13)7-3-9-6(4-16-18-9)2-8(7)12(14)15/h2-3,5H,4H2,1H3. The van der Waals surface area contributed by atoms with Gasteiger partial charge in [-0.2, -0.15) is 4.89 Å². The topological polar surface area (TPSA) is 87.9 Å². The number of hydrogen-bond acceptors (Lipinski definition) is 6. The van der Waals surface area contributed by atoms with Crippen LogP contribution in [0.15, 0.2) is 12.1 Å². The largest absolute Gasteiger partial charge is 0.446 e. The number of rotatable bonds is 3. The van der Waals surface area contributed by atoms with Crippen molar-refractivity contribution in [3.05, 3.63) is 33.4 Å². The Labute approximate surface area is 106 Å². The van der Waals surface area contributed by atoms with Crippen LogP contribution in [0.25, 0.3) is 0 Å². The van der Waals surface area contributed by atoms with E-state index >= 15 is 0 Å². The molecule has 1 unspecified atom stereocenters. The lowest BCUT2D eigenvalue weighted by Crippen LogP contribution is -2.06. The fourth-order valence-electron chi connectivity index (χ4n) is 1.66. The van der Waals surface area contributed by atoms with Gasteiger partial charge in [-0.3, -0.25) is 10.1 Å². The van der Waals surface area contributed by atoms with E-state index in [4.69, 9.17) is 26.1 Å². The number of ether oxygens (including phenoxy) is 1. The van der Waals surface area contributed by atoms with Crippen LogP contribution in [0.1, 0.15) is 24.2 Å². The van der Waals surface area contributed by atoms with Crippen molar-refractivity contribution in [1.82, 2.24) is 0 Å². The van der Waals surface area contributed by atoms with E-state index in [1.165, 1.54) is 19.1 Å². The van der Waals surface area contributed by atoms with Gasteiger partial charge in [0.2, 0.25) is 0 Å². The van der Waals surface area contributed by atoms with E-state index in [2.05, 4.69) is 0 Å². The molecule has 0 bridgehead atoms. The Morgan fingerprint density at radius 2 is 2.33 bits per heavy atom. The highest BCUT2D eigenvalue weighted by Gasteiger charge is 2.27. The molecule has 1 atom stereocenters. The molecule has 1 aliphatic rings. The summed E-state index contributed by atoms with van der Waals surface area (Å²) in [6, 6.07) is 2.74. The molecule has 0 spiro atoms. The Morgan fingerprint density at radius 3 is 2.94 bits per heavy atom. The summed E-state index contributed by atoms with van der Waals surface area (Å²) in [5, 5.41) is 11.0. The Balaban J connectivity index is 2.44. The molecule has 1 aromatic rings. The second-order valence-electron chi connectivity index (χ2n) is 3.62. The maximum absolute atomic E-state index is 11.0. The van der Waals surface area contributed by atoms with E-state index < -0.39 is 16.5 Å². The molecule has 0 aliphatic carbocycles. The first-order chi connectivity index (χ1) is 8.49. The monoisotopic (exact) mass is 273 g/mol. The van der Waals surface area contributed by atoms with Gasteiger partial charge in [0.05, 0.1) is 10.5 Å². The fraction of sp³-hybridized carbons (Fsp3) is 0.300. The van der Waals surface area contributed by atoms with Gasteiger partial charge >= 0.3 is 5.43 Å². The van der Waals surface area contributed by atoms with Crippen LogP contribution in [0.4, 0.5) is 10.5 Å². The average Bonchev–Trinajstić information content (AvgIpc) is 2.72. The summed E-state index contributed by atoms with van der Waals surface area (Å²) < 4.78 is 4.71. The van der Waals surface area contributed by atoms with Crippen molar-refractivity contribution in [2.45, 2.75) is 19.6 Å². The van der Waals surface area contributed by atoms with E-state index in [0.717, 1.165) is 0 Å². The summed E-state index contributed by atoms with van der Waals surface area (Å²) in [5.74, 6) is 0.369. The third-order valence-electron chi connectivity index (χ3n) is 2.48. The first-order valence-corrected chi connectivity index (χ1v) is 5.33. The third kappa shape index (κ3) is 2.36. The highest BCUT2D eigenvalue weighted by atomic mass is 35.5. The quantitative estimate of drug-likeness (QED) is 0.364. The number of hydrogen-bond donors (Lipinski definition) is 0. The molecule has 8 heteroatoms. The number of carbonyl (C=O) groups is 1. The lowest BCUT2D eigenvalue weighted by atomic mass is 10.0. The summed E-state index contributed by atoms with van der Waals surface area (Å²) in [7, 11) is 0. The molecule has 0 fully saturated rings. The number of benzene rings is 1. The molecular formula is C10H8ClNO6. The molecule has 1 aromatic carbocycles. The molecule has 0 aromatic heterocycles. The van der Waals surface area contributed by atoms with Crippen molar-refractivity contribution < 1.29 is 24.2 Å². The highest BCUT2D eigenvalue weighted by molar-refractivity contribution is 6.61. The summed E-state index contributed by atoms with van der Waals surface area (Å²) in [6.07, 6.45) is -0.857. The highest BCUT2D eigenvalue weighted by Crippen LogP contribution is 2.37. The Bertz CT molecular complexity index is 517. The van der Waals surface area contributed by atoms with E-state index in [0.29, 0.717) is 11.3 Å². The second-order valence-corrected chi connectivity index (χ2v) is 3.93. The molecule has 1 heterocycles. The van der Waals surface area contributed by atoms with Gasteiger partial charge < -0.3 is 9.62 Å². The summed E-state index contributed by atoms with van der Waals surface area (Å²) in [6.45, 7) is 1.62. The molecule has 0 amide bonds. The Morgan fingerprint density at radius 1 is 1.61 bits per heavy atom. The van der Waals surface area contributed by atoms with E-state index in [1.807, 2.05) is 0 Å². The van der Waals surface area contributed by atoms with Crippen LogP contribution < -0.4 is 4.89 Å². The van der Waals surface area contributed by atoms with Crippen molar-refractivity contribution in [2.75, 3.05) is 0 Å². The molecule has 0 radical (unpaired) electrons. The lowest BCUT2D eigenvalue weighted by molar-refractivity contribution is -0.386. The van der Waals surface area contributed by atoms with Gasteiger partial charge in [0, 0.05) is 23.2 Å². The molecule has 0 N–H and O–H groups in total. The molecule has 0 saturated heterocycles. The van der Waals surface area contributed by atoms with Gasteiger partial charge in [-0.05, 0) is 13.0 Å². The number of nitro benzene ring substituents is 1. The molecule has 7 nitrogen and oxygen atoms in total. The summed E-state index contributed by atoms with van der Waals surface area (Å²) in [4.78, 5) is 30.6. The Kier molecular flexibility index (Phi) is 3.35. The van der Waals surface area contributed by atoms with Crippen LogP contribution in [-0.4, -0.2) is 10.4 Å². The number of nitro groups is 1. The van der Waals surface area contributed by atoms with Crippen LogP contribution >= 0.6 is 11.6 Å². The van der Waals surface area contributed by atoms with E-state index in [1.54, 1.807) is 0 Å². The first kappa shape index (κ1) is 12.6. The van der Waals surface area contributed by atoms with Crippen molar-refractivity contribution in [1.29, 1.82) is 0 Å². The zero-order chi connectivity index (χ0) is 13.3. The van der Waals surface area contributed by atoms with E-state index in [-0.39, 0.29) is 17.9 Å². The SMILES string of the molecule is CC(OC(=O)Cl)c1cc2c(cc1[N+](=O)[O-])COO2. The Hall–Kier alpha value is -1.86. The van der Waals surface area contributed by atoms with Gasteiger partial charge in [0.1, 0.15) is 12.7 Å². The van der Waals surface area contributed by atoms with Gasteiger partial charge in [0.25, 0.3) is 5.69 Å². The molecule has 2 rings (SSSR count). The predicted molar refractivity (Wildman–Crippen MR) is 59.3 cm³/mol. The number of halogens is 1. The van der Waals surface area contributed by atoms with Gasteiger partial charge in [-0.25, -0.2) is 4.79 Å². The number of nitrogens with zero attached hydrogens (tertiary/aromatic N) is 1. The maximum atomic E-state index is 11.0. The minimum Gasteiger partial charge on any atom is -0.446 e. The number of fused-ring (bicyclic) bond motifs is 1. The van der Waals surface area contributed by atoms with Crippen molar-refractivity contribution in [3.63, 3.8) is 0 Å². The van der Waals surface area contributed by atoms with Gasteiger partial charge in [0.15, 0.2) is 5.75 Å². The van der Waals surface area contributed by atoms with Crippen LogP contribution in [-0.2, 0) is 16.2 Å². The average molecular weight is 274 g/mol. The van der Waals surface area contributed by atoms with Crippen molar-refractivity contribution in [3.8, 4) is 5.75 Å². The van der Waals surface area contributed by atoms with Crippen molar-refractivity contribution in [2.24, 2.45) is 0 Å². The van der Waals surface area contributed by atoms with Crippen LogP contribution in [0.2, 0.25) is 0 Å². The summed E-state index contributed by atoms with van der Waals surface area (Å²) >= 11 is 5.08. The lowest BCUT2D eigenvalue weighted by Gasteiger charge is -2.12. The normalized spacial score (nSPS) is 14.6. The zero-order valence-electron chi connectivity index (χ0n) is 9.21. The number of carbonyl (C=O) groups excluding carboxylic acids is 1. The minimum atomic E-state index is -1.03. The zero-order valence-corrected chi connectivity index (χ0v) is 9.97. The van der Waals surface area contributed by atoms with Gasteiger partial charge in [-0.1, -0.05) is 0 Å². The molecule has 96 valence electrons. The van der Waals surface area contributed by atoms with E-state index in [9.17, 15) is 14.9 Å². The summed E-state index contributed by atoms with van der Waals surface area (Å²) in [5.41, 5.74) is -0.448. The van der Waals surface area contributed by atoms with Gasteiger partial charge in [-0.15, -0.1) is 0 Å². The molecule has 18 heavy (non-hydrogen) atoms.